The number of benzene rings is 1. The number of nitrogens with zero attached hydrogens (tertiary/aromatic N) is 1. The standard InChI is InChI=1S/C13H15BrN2O/c1-9-3-4-11(14)10(7-9)12-8-16-13(17-12)5-6-15-2/h3-4,7-8,15H,5-6H2,1-2H3. The van der Waals surface area contributed by atoms with Crippen LogP contribution in [0.4, 0.5) is 0 Å². The predicted octanol–water partition coefficient (Wildman–Crippen LogP) is 3.17. The average Bonchev–Trinajstić information content (AvgIpc) is 2.78. The summed E-state index contributed by atoms with van der Waals surface area (Å²) in [6.45, 7) is 2.93. The summed E-state index contributed by atoms with van der Waals surface area (Å²) in [5, 5.41) is 3.08. The fourth-order valence-corrected chi connectivity index (χ4v) is 2.05. The summed E-state index contributed by atoms with van der Waals surface area (Å²) in [6, 6.07) is 6.18. The molecule has 1 aromatic carbocycles. The van der Waals surface area contributed by atoms with Crippen LogP contribution in [-0.4, -0.2) is 18.6 Å². The lowest BCUT2D eigenvalue weighted by atomic mass is 10.1. The zero-order chi connectivity index (χ0) is 12.3. The summed E-state index contributed by atoms with van der Waals surface area (Å²) >= 11 is 3.53. The Balaban J connectivity index is 2.27. The van der Waals surface area contributed by atoms with Crippen molar-refractivity contribution in [3.63, 3.8) is 0 Å². The number of likely N-dealkylation sites (N-methyl/N-ethyl adjacent to an activating group) is 1. The van der Waals surface area contributed by atoms with Gasteiger partial charge >= 0.3 is 0 Å². The first-order valence-corrected chi connectivity index (χ1v) is 6.36. The maximum absolute atomic E-state index is 5.73. The smallest absolute Gasteiger partial charge is 0.196 e. The van der Waals surface area contributed by atoms with Crippen LogP contribution in [0.1, 0.15) is 11.5 Å². The normalized spacial score (nSPS) is 10.8. The van der Waals surface area contributed by atoms with Crippen molar-refractivity contribution in [2.24, 2.45) is 0 Å². The van der Waals surface area contributed by atoms with Gasteiger partial charge < -0.3 is 9.73 Å². The second-order valence-electron chi connectivity index (χ2n) is 3.96. The molecule has 2 aromatic rings. The molecule has 0 radical (unpaired) electrons. The number of halogens is 1. The van der Waals surface area contributed by atoms with Crippen LogP contribution in [-0.2, 0) is 6.42 Å². The van der Waals surface area contributed by atoms with Crippen LogP contribution in [0, 0.1) is 6.92 Å². The van der Waals surface area contributed by atoms with Crippen molar-refractivity contribution in [2.45, 2.75) is 13.3 Å². The van der Waals surface area contributed by atoms with Gasteiger partial charge in [-0.1, -0.05) is 27.6 Å². The number of nitrogens with one attached hydrogen (secondary N) is 1. The third-order valence-electron chi connectivity index (χ3n) is 2.53. The Morgan fingerprint density at radius 1 is 1.41 bits per heavy atom. The minimum absolute atomic E-state index is 0.766. The molecule has 3 nitrogen and oxygen atoms in total. The summed E-state index contributed by atoms with van der Waals surface area (Å²) in [7, 11) is 1.92. The fourth-order valence-electron chi connectivity index (χ4n) is 1.61. The number of aryl methyl sites for hydroxylation is 1. The Kier molecular flexibility index (Phi) is 3.97. The third kappa shape index (κ3) is 2.96. The molecule has 1 aromatic heterocycles. The molecular weight excluding hydrogens is 280 g/mol. The van der Waals surface area contributed by atoms with Crippen molar-refractivity contribution in [3.05, 3.63) is 40.3 Å². The van der Waals surface area contributed by atoms with Gasteiger partial charge in [-0.05, 0) is 26.1 Å². The van der Waals surface area contributed by atoms with E-state index in [-0.39, 0.29) is 0 Å². The molecule has 0 unspecified atom stereocenters. The molecule has 17 heavy (non-hydrogen) atoms. The van der Waals surface area contributed by atoms with Gasteiger partial charge in [0.15, 0.2) is 11.7 Å². The van der Waals surface area contributed by atoms with Crippen molar-refractivity contribution >= 4 is 15.9 Å². The van der Waals surface area contributed by atoms with E-state index in [1.54, 1.807) is 6.20 Å². The van der Waals surface area contributed by atoms with E-state index in [2.05, 4.69) is 45.3 Å². The Morgan fingerprint density at radius 3 is 3.00 bits per heavy atom. The van der Waals surface area contributed by atoms with Gasteiger partial charge in [-0.3, -0.25) is 0 Å². The monoisotopic (exact) mass is 294 g/mol. The van der Waals surface area contributed by atoms with E-state index in [1.807, 2.05) is 13.1 Å². The molecule has 0 atom stereocenters. The van der Waals surface area contributed by atoms with Crippen LogP contribution in [0.5, 0.6) is 0 Å². The number of hydrogen-bond acceptors (Lipinski definition) is 3. The molecule has 90 valence electrons. The summed E-state index contributed by atoms with van der Waals surface area (Å²) in [6.07, 6.45) is 2.59. The number of hydrogen-bond donors (Lipinski definition) is 1. The van der Waals surface area contributed by atoms with E-state index >= 15 is 0 Å². The van der Waals surface area contributed by atoms with Crippen molar-refractivity contribution in [2.75, 3.05) is 13.6 Å². The van der Waals surface area contributed by atoms with Gasteiger partial charge in [0, 0.05) is 23.0 Å². The Morgan fingerprint density at radius 2 is 2.24 bits per heavy atom. The topological polar surface area (TPSA) is 38.1 Å². The third-order valence-corrected chi connectivity index (χ3v) is 3.22. The highest BCUT2D eigenvalue weighted by Crippen LogP contribution is 2.29. The van der Waals surface area contributed by atoms with Gasteiger partial charge in [-0.15, -0.1) is 0 Å². The zero-order valence-corrected chi connectivity index (χ0v) is 11.5. The number of oxazole rings is 1. The van der Waals surface area contributed by atoms with Crippen LogP contribution in [0.25, 0.3) is 11.3 Å². The Hall–Kier alpha value is -1.13. The molecule has 0 aliphatic rings. The van der Waals surface area contributed by atoms with Crippen LogP contribution < -0.4 is 5.32 Å². The molecule has 0 spiro atoms. The van der Waals surface area contributed by atoms with E-state index in [9.17, 15) is 0 Å². The second-order valence-corrected chi connectivity index (χ2v) is 4.81. The van der Waals surface area contributed by atoms with E-state index in [0.717, 1.165) is 34.7 Å². The zero-order valence-electron chi connectivity index (χ0n) is 9.96. The maximum atomic E-state index is 5.73. The molecule has 0 amide bonds. The molecule has 0 bridgehead atoms. The average molecular weight is 295 g/mol. The molecule has 0 aliphatic heterocycles. The quantitative estimate of drug-likeness (QED) is 0.941. The van der Waals surface area contributed by atoms with E-state index in [4.69, 9.17) is 4.42 Å². The van der Waals surface area contributed by atoms with E-state index in [0.29, 0.717) is 0 Å². The van der Waals surface area contributed by atoms with Crippen molar-refractivity contribution < 1.29 is 4.42 Å². The van der Waals surface area contributed by atoms with Gasteiger partial charge in [0.2, 0.25) is 0 Å². The van der Waals surface area contributed by atoms with Gasteiger partial charge in [-0.25, -0.2) is 4.98 Å². The molecular formula is C13H15BrN2O. The first-order valence-electron chi connectivity index (χ1n) is 5.56. The molecule has 4 heteroatoms. The molecule has 1 heterocycles. The lowest BCUT2D eigenvalue weighted by Gasteiger charge is -2.01. The van der Waals surface area contributed by atoms with Crippen LogP contribution >= 0.6 is 15.9 Å². The lowest BCUT2D eigenvalue weighted by molar-refractivity contribution is 0.500. The highest BCUT2D eigenvalue weighted by atomic mass is 79.9. The van der Waals surface area contributed by atoms with Gasteiger partial charge in [0.1, 0.15) is 0 Å². The summed E-state index contributed by atoms with van der Waals surface area (Å²) < 4.78 is 6.75. The minimum Gasteiger partial charge on any atom is -0.441 e. The van der Waals surface area contributed by atoms with Crippen LogP contribution in [0.15, 0.2) is 33.3 Å². The first-order chi connectivity index (χ1) is 8.20. The van der Waals surface area contributed by atoms with Crippen LogP contribution in [0.3, 0.4) is 0 Å². The van der Waals surface area contributed by atoms with Gasteiger partial charge in [-0.2, -0.15) is 0 Å². The Labute approximate surface area is 109 Å². The summed E-state index contributed by atoms with van der Waals surface area (Å²) in [5.74, 6) is 1.58. The van der Waals surface area contributed by atoms with Crippen molar-refractivity contribution in [1.82, 2.24) is 10.3 Å². The van der Waals surface area contributed by atoms with Gasteiger partial charge in [0.25, 0.3) is 0 Å². The minimum atomic E-state index is 0.766. The largest absolute Gasteiger partial charge is 0.441 e. The first kappa shape index (κ1) is 12.3. The van der Waals surface area contributed by atoms with E-state index < -0.39 is 0 Å². The van der Waals surface area contributed by atoms with Gasteiger partial charge in [0.05, 0.1) is 6.20 Å². The van der Waals surface area contributed by atoms with Crippen molar-refractivity contribution in [3.8, 4) is 11.3 Å². The highest BCUT2D eigenvalue weighted by Gasteiger charge is 2.09. The maximum Gasteiger partial charge on any atom is 0.196 e. The number of aromatic nitrogens is 1. The van der Waals surface area contributed by atoms with E-state index in [1.165, 1.54) is 5.56 Å². The highest BCUT2D eigenvalue weighted by molar-refractivity contribution is 9.10. The molecule has 1 N–H and O–H groups in total. The molecule has 0 saturated heterocycles. The predicted molar refractivity (Wildman–Crippen MR) is 72.0 cm³/mol. The summed E-state index contributed by atoms with van der Waals surface area (Å²) in [4.78, 5) is 4.27. The SMILES string of the molecule is CNCCc1ncc(-c2cc(C)ccc2Br)o1. The lowest BCUT2D eigenvalue weighted by Crippen LogP contribution is -2.10. The Bertz CT molecular complexity index is 508. The molecule has 0 fully saturated rings. The van der Waals surface area contributed by atoms with Crippen LogP contribution in [0.2, 0.25) is 0 Å². The number of rotatable bonds is 4. The van der Waals surface area contributed by atoms with Crippen molar-refractivity contribution in [1.29, 1.82) is 0 Å². The second kappa shape index (κ2) is 5.47. The molecule has 2 rings (SSSR count). The summed E-state index contributed by atoms with van der Waals surface area (Å²) in [5.41, 5.74) is 2.25. The molecule has 0 saturated carbocycles. The molecule has 0 aliphatic carbocycles. The fraction of sp³-hybridized carbons (Fsp3) is 0.308.